The van der Waals surface area contributed by atoms with Crippen molar-refractivity contribution in [1.29, 1.82) is 0 Å². The third-order valence-electron chi connectivity index (χ3n) is 3.41. The van der Waals surface area contributed by atoms with Crippen LogP contribution in [0.3, 0.4) is 0 Å². The van der Waals surface area contributed by atoms with Crippen LogP contribution in [0.25, 0.3) is 0 Å². The number of nitrogens with two attached hydrogens (primary N) is 1. The van der Waals surface area contributed by atoms with E-state index in [2.05, 4.69) is 25.8 Å². The molecule has 3 nitrogen and oxygen atoms in total. The summed E-state index contributed by atoms with van der Waals surface area (Å²) in [6.45, 7) is 6.43. The third kappa shape index (κ3) is 3.56. The van der Waals surface area contributed by atoms with E-state index in [-0.39, 0.29) is 5.54 Å². The molecule has 0 fully saturated rings. The lowest BCUT2D eigenvalue weighted by atomic mass is 9.91. The highest BCUT2D eigenvalue weighted by atomic mass is 16.2. The Bertz CT molecular complexity index is 127. The van der Waals surface area contributed by atoms with Gasteiger partial charge in [-0.05, 0) is 39.3 Å². The normalized spacial score (nSPS) is 12.4. The molecule has 0 aromatic carbocycles. The summed E-state index contributed by atoms with van der Waals surface area (Å²) in [5.74, 6) is 0. The first-order valence-electron chi connectivity index (χ1n) is 5.69. The van der Waals surface area contributed by atoms with Gasteiger partial charge in [-0.1, -0.05) is 13.8 Å². The van der Waals surface area contributed by atoms with Gasteiger partial charge in [-0.2, -0.15) is 0 Å². The molecule has 0 aliphatic heterocycles. The minimum atomic E-state index is 0.162. The number of nitrogens with zero attached hydrogens (tertiary/aromatic N) is 1. The zero-order chi connectivity index (χ0) is 11.0. The molecule has 0 aromatic heterocycles. The molecule has 0 radical (unpaired) electrons. The predicted molar refractivity (Wildman–Crippen MR) is 61.3 cm³/mol. The molecular formula is C11H26N2O. The van der Waals surface area contributed by atoms with Gasteiger partial charge >= 0.3 is 0 Å². The molecule has 0 saturated carbocycles. The van der Waals surface area contributed by atoms with Crippen LogP contribution in [0.15, 0.2) is 0 Å². The summed E-state index contributed by atoms with van der Waals surface area (Å²) in [7, 11) is 2.14. The predicted octanol–water partition coefficient (Wildman–Crippen LogP) is 1.21. The van der Waals surface area contributed by atoms with Gasteiger partial charge in [0, 0.05) is 18.7 Å². The first kappa shape index (κ1) is 13.9. The van der Waals surface area contributed by atoms with Crippen LogP contribution in [-0.2, 0) is 0 Å². The van der Waals surface area contributed by atoms with Crippen LogP contribution in [0.5, 0.6) is 0 Å². The van der Waals surface area contributed by atoms with Crippen LogP contribution in [0.2, 0.25) is 0 Å². The van der Waals surface area contributed by atoms with E-state index < -0.39 is 0 Å². The Labute approximate surface area is 88.3 Å². The van der Waals surface area contributed by atoms with Crippen molar-refractivity contribution >= 4 is 0 Å². The van der Waals surface area contributed by atoms with Gasteiger partial charge in [0.05, 0.1) is 0 Å². The summed E-state index contributed by atoms with van der Waals surface area (Å²) in [5.41, 5.74) is 6.01. The van der Waals surface area contributed by atoms with E-state index in [0.29, 0.717) is 6.61 Å². The van der Waals surface area contributed by atoms with Gasteiger partial charge < -0.3 is 10.8 Å². The Morgan fingerprint density at radius 1 is 1.21 bits per heavy atom. The number of aliphatic hydroxyl groups is 1. The molecule has 0 saturated heterocycles. The summed E-state index contributed by atoms with van der Waals surface area (Å²) in [4.78, 5) is 2.35. The van der Waals surface area contributed by atoms with Gasteiger partial charge in [0.15, 0.2) is 0 Å². The van der Waals surface area contributed by atoms with Crippen molar-refractivity contribution in [3.63, 3.8) is 0 Å². The van der Waals surface area contributed by atoms with Crippen LogP contribution in [-0.4, -0.2) is 42.3 Å². The summed E-state index contributed by atoms with van der Waals surface area (Å²) in [6, 6.07) is 0. The zero-order valence-corrected chi connectivity index (χ0v) is 9.92. The minimum Gasteiger partial charge on any atom is -0.396 e. The average molecular weight is 202 g/mol. The topological polar surface area (TPSA) is 49.5 Å². The molecular weight excluding hydrogens is 176 g/mol. The van der Waals surface area contributed by atoms with Gasteiger partial charge in [-0.15, -0.1) is 0 Å². The monoisotopic (exact) mass is 202 g/mol. The van der Waals surface area contributed by atoms with Crippen LogP contribution < -0.4 is 5.73 Å². The number of hydrogen-bond donors (Lipinski definition) is 2. The van der Waals surface area contributed by atoms with E-state index in [4.69, 9.17) is 10.8 Å². The Morgan fingerprint density at radius 3 is 2.14 bits per heavy atom. The van der Waals surface area contributed by atoms with Crippen molar-refractivity contribution in [2.75, 3.05) is 26.7 Å². The van der Waals surface area contributed by atoms with Crippen molar-refractivity contribution in [2.45, 2.75) is 45.1 Å². The molecule has 0 bridgehead atoms. The fourth-order valence-electron chi connectivity index (χ4n) is 1.93. The fraction of sp³-hybridized carbons (Fsp3) is 1.00. The van der Waals surface area contributed by atoms with Crippen LogP contribution in [0, 0.1) is 0 Å². The molecule has 0 unspecified atom stereocenters. The maximum atomic E-state index is 8.71. The average Bonchev–Trinajstić information content (AvgIpc) is 2.22. The lowest BCUT2D eigenvalue weighted by Gasteiger charge is -2.40. The number of likely N-dealkylation sites (N-methyl/N-ethyl adjacent to an activating group) is 1. The van der Waals surface area contributed by atoms with Gasteiger partial charge in [-0.25, -0.2) is 0 Å². The number of aliphatic hydroxyl groups excluding tert-OH is 1. The largest absolute Gasteiger partial charge is 0.396 e. The van der Waals surface area contributed by atoms with Crippen molar-refractivity contribution in [3.05, 3.63) is 0 Å². The summed E-state index contributed by atoms with van der Waals surface area (Å²) in [6.07, 6.45) is 4.12. The van der Waals surface area contributed by atoms with E-state index in [1.54, 1.807) is 0 Å². The molecule has 0 aromatic rings. The van der Waals surface area contributed by atoms with E-state index in [0.717, 1.165) is 38.8 Å². The van der Waals surface area contributed by atoms with Crippen LogP contribution in [0.1, 0.15) is 39.5 Å². The number of rotatable bonds is 8. The van der Waals surface area contributed by atoms with Crippen molar-refractivity contribution in [2.24, 2.45) is 5.73 Å². The van der Waals surface area contributed by atoms with Gasteiger partial charge in [-0.3, -0.25) is 4.90 Å². The van der Waals surface area contributed by atoms with Gasteiger partial charge in [0.25, 0.3) is 0 Å². The second-order valence-electron chi connectivity index (χ2n) is 3.99. The summed E-state index contributed by atoms with van der Waals surface area (Å²) < 4.78 is 0. The molecule has 0 aliphatic rings. The lowest BCUT2D eigenvalue weighted by molar-refractivity contribution is 0.111. The minimum absolute atomic E-state index is 0.162. The van der Waals surface area contributed by atoms with E-state index in [1.165, 1.54) is 0 Å². The Hall–Kier alpha value is -0.120. The molecule has 0 atom stereocenters. The highest BCUT2D eigenvalue weighted by molar-refractivity contribution is 4.87. The maximum Gasteiger partial charge on any atom is 0.0431 e. The lowest BCUT2D eigenvalue weighted by Crippen LogP contribution is -2.51. The van der Waals surface area contributed by atoms with Crippen molar-refractivity contribution < 1.29 is 5.11 Å². The number of unbranched alkanes of at least 4 members (excludes halogenated alkanes) is 1. The molecule has 0 spiro atoms. The fourth-order valence-corrected chi connectivity index (χ4v) is 1.93. The van der Waals surface area contributed by atoms with E-state index >= 15 is 0 Å². The molecule has 3 heteroatoms. The van der Waals surface area contributed by atoms with Crippen LogP contribution in [0.4, 0.5) is 0 Å². The van der Waals surface area contributed by atoms with E-state index in [9.17, 15) is 0 Å². The molecule has 0 aliphatic carbocycles. The second kappa shape index (κ2) is 7.21. The van der Waals surface area contributed by atoms with Crippen molar-refractivity contribution in [3.8, 4) is 0 Å². The zero-order valence-electron chi connectivity index (χ0n) is 9.92. The van der Waals surface area contributed by atoms with Gasteiger partial charge in [0.2, 0.25) is 0 Å². The van der Waals surface area contributed by atoms with Crippen LogP contribution >= 0.6 is 0 Å². The highest BCUT2D eigenvalue weighted by Crippen LogP contribution is 2.21. The Balaban J connectivity index is 4.07. The Kier molecular flexibility index (Phi) is 7.15. The Morgan fingerprint density at radius 2 is 1.79 bits per heavy atom. The molecule has 0 amide bonds. The molecule has 86 valence electrons. The summed E-state index contributed by atoms with van der Waals surface area (Å²) in [5, 5.41) is 8.71. The first-order valence-corrected chi connectivity index (χ1v) is 5.69. The maximum absolute atomic E-state index is 8.71. The molecule has 14 heavy (non-hydrogen) atoms. The van der Waals surface area contributed by atoms with Gasteiger partial charge in [0.1, 0.15) is 0 Å². The molecule has 0 heterocycles. The number of hydrogen-bond acceptors (Lipinski definition) is 3. The smallest absolute Gasteiger partial charge is 0.0431 e. The second-order valence-corrected chi connectivity index (χ2v) is 3.99. The first-order chi connectivity index (χ1) is 6.66. The highest BCUT2D eigenvalue weighted by Gasteiger charge is 2.28. The van der Waals surface area contributed by atoms with Crippen molar-refractivity contribution in [1.82, 2.24) is 4.90 Å². The standard InChI is InChI=1S/C11H26N2O/c1-4-11(5-2,10-12)13(3)8-6-7-9-14/h14H,4-10,12H2,1-3H3. The molecule has 0 rings (SSSR count). The third-order valence-corrected chi connectivity index (χ3v) is 3.41. The quantitative estimate of drug-likeness (QED) is 0.582. The van der Waals surface area contributed by atoms with E-state index in [1.807, 2.05) is 0 Å². The summed E-state index contributed by atoms with van der Waals surface area (Å²) >= 11 is 0. The SMILES string of the molecule is CCC(CC)(CN)N(C)CCCCO. The molecule has 3 N–H and O–H groups in total.